The molecule has 1 heterocycles. The van der Waals surface area contributed by atoms with Gasteiger partial charge in [-0.2, -0.15) is 0 Å². The number of amides is 3. The minimum Gasteiger partial charge on any atom is -0.493 e. The van der Waals surface area contributed by atoms with Gasteiger partial charge in [0.05, 0.1) is 26.3 Å². The highest BCUT2D eigenvalue weighted by Gasteiger charge is 2.48. The Morgan fingerprint density at radius 1 is 1.09 bits per heavy atom. The van der Waals surface area contributed by atoms with Crippen LogP contribution in [0.1, 0.15) is 44.0 Å². The molecule has 0 radical (unpaired) electrons. The van der Waals surface area contributed by atoms with Crippen LogP contribution in [-0.2, 0) is 9.59 Å². The molecule has 1 fully saturated rings. The van der Waals surface area contributed by atoms with Crippen LogP contribution in [0.5, 0.6) is 11.5 Å². The summed E-state index contributed by atoms with van der Waals surface area (Å²) in [7, 11) is 3.00. The maximum absolute atomic E-state index is 13.7. The van der Waals surface area contributed by atoms with Crippen molar-refractivity contribution in [3.63, 3.8) is 0 Å². The van der Waals surface area contributed by atoms with Crippen LogP contribution in [0.2, 0.25) is 5.02 Å². The zero-order valence-electron chi connectivity index (χ0n) is 18.8. The maximum atomic E-state index is 13.7. The number of carbonyl (C=O) groups excluding carboxylic acids is 3. The summed E-state index contributed by atoms with van der Waals surface area (Å²) in [5, 5.41) is 0.502. The van der Waals surface area contributed by atoms with Gasteiger partial charge in [0, 0.05) is 16.1 Å². The van der Waals surface area contributed by atoms with Crippen molar-refractivity contribution in [3.05, 3.63) is 53.1 Å². The van der Waals surface area contributed by atoms with Gasteiger partial charge in [0.15, 0.2) is 11.5 Å². The van der Waals surface area contributed by atoms with E-state index in [0.717, 1.165) is 4.90 Å². The molecule has 0 bridgehead atoms. The minimum absolute atomic E-state index is 0.0933. The summed E-state index contributed by atoms with van der Waals surface area (Å²) < 4.78 is 10.6. The molecule has 0 saturated carbocycles. The van der Waals surface area contributed by atoms with Gasteiger partial charge in [-0.3, -0.25) is 14.4 Å². The highest BCUT2D eigenvalue weighted by atomic mass is 35.5. The summed E-state index contributed by atoms with van der Waals surface area (Å²) in [6, 6.07) is 10.4. The first kappa shape index (κ1) is 23.6. The quantitative estimate of drug-likeness (QED) is 0.577. The van der Waals surface area contributed by atoms with Crippen molar-refractivity contribution < 1.29 is 23.9 Å². The fourth-order valence-corrected chi connectivity index (χ4v) is 3.92. The van der Waals surface area contributed by atoms with E-state index in [0.29, 0.717) is 34.2 Å². The Kier molecular flexibility index (Phi) is 6.79. The van der Waals surface area contributed by atoms with Crippen molar-refractivity contribution in [3.8, 4) is 11.5 Å². The SMILES string of the molecule is CCC(C)(C)N(C(=O)c1ccc(OC)c(OC)c1)C1CC(=O)N(c2ccc(Cl)cc2)C1=O. The third-order valence-corrected chi connectivity index (χ3v) is 6.14. The van der Waals surface area contributed by atoms with Crippen LogP contribution in [0.4, 0.5) is 5.69 Å². The van der Waals surface area contributed by atoms with Crippen LogP contribution in [0.3, 0.4) is 0 Å². The monoisotopic (exact) mass is 458 g/mol. The molecular weight excluding hydrogens is 432 g/mol. The number of rotatable bonds is 7. The topological polar surface area (TPSA) is 76.2 Å². The van der Waals surface area contributed by atoms with E-state index in [2.05, 4.69) is 0 Å². The average molecular weight is 459 g/mol. The van der Waals surface area contributed by atoms with Crippen molar-refractivity contribution >= 4 is 35.0 Å². The van der Waals surface area contributed by atoms with Gasteiger partial charge in [0.25, 0.3) is 11.8 Å². The fourth-order valence-electron chi connectivity index (χ4n) is 3.80. The number of nitrogens with zero attached hydrogens (tertiary/aromatic N) is 2. The molecule has 2 aromatic rings. The van der Waals surface area contributed by atoms with Gasteiger partial charge in [0.1, 0.15) is 6.04 Å². The number of carbonyl (C=O) groups is 3. The highest BCUT2D eigenvalue weighted by molar-refractivity contribution is 6.31. The van der Waals surface area contributed by atoms with Crippen molar-refractivity contribution in [2.75, 3.05) is 19.1 Å². The Balaban J connectivity index is 2.01. The van der Waals surface area contributed by atoms with Gasteiger partial charge in [-0.1, -0.05) is 18.5 Å². The van der Waals surface area contributed by atoms with E-state index < -0.39 is 17.5 Å². The molecule has 0 spiro atoms. The zero-order valence-corrected chi connectivity index (χ0v) is 19.6. The first-order valence-corrected chi connectivity index (χ1v) is 10.7. The van der Waals surface area contributed by atoms with E-state index in [1.165, 1.54) is 19.1 Å². The molecule has 170 valence electrons. The summed E-state index contributed by atoms with van der Waals surface area (Å²) in [4.78, 5) is 42.6. The summed E-state index contributed by atoms with van der Waals surface area (Å²) in [6.45, 7) is 5.70. The Labute approximate surface area is 192 Å². The van der Waals surface area contributed by atoms with Crippen molar-refractivity contribution in [1.82, 2.24) is 4.90 Å². The number of halogens is 1. The Morgan fingerprint density at radius 2 is 1.72 bits per heavy atom. The fraction of sp³-hybridized carbons (Fsp3) is 0.375. The molecule has 1 atom stereocenters. The lowest BCUT2D eigenvalue weighted by molar-refractivity contribution is -0.123. The number of methoxy groups -OCH3 is 2. The van der Waals surface area contributed by atoms with Crippen LogP contribution in [0.15, 0.2) is 42.5 Å². The van der Waals surface area contributed by atoms with Gasteiger partial charge in [-0.25, -0.2) is 4.90 Å². The highest BCUT2D eigenvalue weighted by Crippen LogP contribution is 2.34. The summed E-state index contributed by atoms with van der Waals surface area (Å²) >= 11 is 5.94. The van der Waals surface area contributed by atoms with Crippen molar-refractivity contribution in [2.45, 2.75) is 45.2 Å². The van der Waals surface area contributed by atoms with Crippen LogP contribution < -0.4 is 14.4 Å². The van der Waals surface area contributed by atoms with Crippen LogP contribution in [0, 0.1) is 0 Å². The molecule has 0 aliphatic carbocycles. The number of ether oxygens (including phenoxy) is 2. The number of anilines is 1. The van der Waals surface area contributed by atoms with Gasteiger partial charge in [-0.15, -0.1) is 0 Å². The lowest BCUT2D eigenvalue weighted by Gasteiger charge is -2.41. The smallest absolute Gasteiger partial charge is 0.257 e. The minimum atomic E-state index is -0.922. The standard InChI is InChI=1S/C24H27ClN2O5/c1-6-24(2,3)27(22(29)15-7-12-19(31-4)20(13-15)32-5)18-14-21(28)26(23(18)30)17-10-8-16(25)9-11-17/h7-13,18H,6,14H2,1-5H3. The van der Waals surface area contributed by atoms with Gasteiger partial charge in [-0.05, 0) is 62.7 Å². The molecule has 7 nitrogen and oxygen atoms in total. The zero-order chi connectivity index (χ0) is 23.6. The van der Waals surface area contributed by atoms with Crippen LogP contribution in [-0.4, -0.2) is 48.4 Å². The lowest BCUT2D eigenvalue weighted by atomic mass is 9.94. The summed E-state index contributed by atoms with van der Waals surface area (Å²) in [5.74, 6) is -0.260. The molecular formula is C24H27ClN2O5. The van der Waals surface area contributed by atoms with E-state index in [1.807, 2.05) is 20.8 Å². The first-order chi connectivity index (χ1) is 15.1. The maximum Gasteiger partial charge on any atom is 0.257 e. The molecule has 0 aromatic heterocycles. The normalized spacial score (nSPS) is 16.3. The Hall–Kier alpha value is -3.06. The molecule has 3 amide bonds. The second-order valence-electron chi connectivity index (χ2n) is 8.17. The van der Waals surface area contributed by atoms with E-state index in [9.17, 15) is 14.4 Å². The van der Waals surface area contributed by atoms with E-state index in [1.54, 1.807) is 42.5 Å². The molecule has 1 unspecified atom stereocenters. The second-order valence-corrected chi connectivity index (χ2v) is 8.61. The number of hydrogen-bond acceptors (Lipinski definition) is 5. The molecule has 3 rings (SSSR count). The predicted octanol–water partition coefficient (Wildman–Crippen LogP) is 4.32. The number of benzene rings is 2. The Bertz CT molecular complexity index is 1040. The predicted molar refractivity (Wildman–Crippen MR) is 122 cm³/mol. The molecule has 2 aromatic carbocycles. The van der Waals surface area contributed by atoms with Crippen LogP contribution in [0.25, 0.3) is 0 Å². The molecule has 1 aliphatic rings. The van der Waals surface area contributed by atoms with Crippen LogP contribution >= 0.6 is 11.6 Å². The second kappa shape index (κ2) is 9.20. The van der Waals surface area contributed by atoms with Gasteiger partial charge in [0.2, 0.25) is 5.91 Å². The lowest BCUT2D eigenvalue weighted by Crippen LogP contribution is -2.55. The number of imide groups is 1. The summed E-state index contributed by atoms with van der Waals surface area (Å²) in [6.07, 6.45) is 0.495. The van der Waals surface area contributed by atoms with Crippen molar-refractivity contribution in [2.24, 2.45) is 0 Å². The Morgan fingerprint density at radius 3 is 2.28 bits per heavy atom. The number of hydrogen-bond donors (Lipinski definition) is 0. The third-order valence-electron chi connectivity index (χ3n) is 5.89. The molecule has 1 aliphatic heterocycles. The molecule has 32 heavy (non-hydrogen) atoms. The average Bonchev–Trinajstić information content (AvgIpc) is 3.07. The van der Waals surface area contributed by atoms with Crippen molar-refractivity contribution in [1.29, 1.82) is 0 Å². The largest absolute Gasteiger partial charge is 0.493 e. The van der Waals surface area contributed by atoms with Gasteiger partial charge < -0.3 is 14.4 Å². The van der Waals surface area contributed by atoms with Gasteiger partial charge >= 0.3 is 0 Å². The summed E-state index contributed by atoms with van der Waals surface area (Å²) in [5.41, 5.74) is 0.0926. The molecule has 1 saturated heterocycles. The first-order valence-electron chi connectivity index (χ1n) is 10.3. The van der Waals surface area contributed by atoms with E-state index >= 15 is 0 Å². The third kappa shape index (κ3) is 4.30. The molecule has 8 heteroatoms. The molecule has 0 N–H and O–H groups in total. The van der Waals surface area contributed by atoms with E-state index in [-0.39, 0.29) is 18.2 Å². The van der Waals surface area contributed by atoms with E-state index in [4.69, 9.17) is 21.1 Å².